The van der Waals surface area contributed by atoms with E-state index in [9.17, 15) is 9.46 Å². The first kappa shape index (κ1) is 31.4. The van der Waals surface area contributed by atoms with Crippen LogP contribution < -0.4 is 4.89 Å². The lowest BCUT2D eigenvalue weighted by molar-refractivity contribution is -0.196. The second kappa shape index (κ2) is 20.6. The molecule has 202 valence electrons. The van der Waals surface area contributed by atoms with Gasteiger partial charge in [0.15, 0.2) is 0 Å². The standard InChI is InChI=1S/C27H56N3O3P/c1-4-5-6-7-8-9-10-11-12-13-14-15-16-17-18-19-20-21-22-23-24-30-26-25-29(2)27(30)28-34(31,32)33-3/h4-26H2,1-3H3,(H,31,32)/p-1. The summed E-state index contributed by atoms with van der Waals surface area (Å²) in [5.74, 6) is 0.526. The quantitative estimate of drug-likeness (QED) is 0.107. The fraction of sp³-hybridized carbons (Fsp3) is 0.963. The van der Waals surface area contributed by atoms with Gasteiger partial charge in [-0.15, -0.1) is 0 Å². The maximum atomic E-state index is 11.7. The average molecular weight is 501 g/mol. The van der Waals surface area contributed by atoms with Gasteiger partial charge in [0.05, 0.1) is 0 Å². The van der Waals surface area contributed by atoms with Crippen molar-refractivity contribution in [3.8, 4) is 0 Å². The van der Waals surface area contributed by atoms with E-state index in [0.717, 1.165) is 33.2 Å². The van der Waals surface area contributed by atoms with E-state index in [-0.39, 0.29) is 0 Å². The molecule has 1 unspecified atom stereocenters. The molecule has 0 N–H and O–H groups in total. The smallest absolute Gasteiger partial charge is 0.254 e. The first-order chi connectivity index (χ1) is 16.5. The zero-order chi connectivity index (χ0) is 24.9. The molecule has 6 nitrogen and oxygen atoms in total. The normalized spacial score (nSPS) is 17.1. The largest absolute Gasteiger partial charge is 0.760 e. The second-order valence-corrected chi connectivity index (χ2v) is 11.7. The fourth-order valence-electron chi connectivity index (χ4n) is 4.77. The number of nitrogens with zero attached hydrogens (tertiary/aromatic N) is 3. The van der Waals surface area contributed by atoms with Crippen molar-refractivity contribution in [3.63, 3.8) is 0 Å². The number of likely N-dealkylation sites (N-methyl/N-ethyl adjacent to an activating group) is 1. The highest BCUT2D eigenvalue weighted by Crippen LogP contribution is 2.38. The molecule has 1 fully saturated rings. The molecule has 0 aliphatic carbocycles. The minimum atomic E-state index is -4.12. The van der Waals surface area contributed by atoms with Crippen LogP contribution in [0.15, 0.2) is 4.76 Å². The first-order valence-corrected chi connectivity index (χ1v) is 15.9. The van der Waals surface area contributed by atoms with Crippen LogP contribution in [0, 0.1) is 0 Å². The van der Waals surface area contributed by atoms with Crippen LogP contribution in [0.5, 0.6) is 0 Å². The van der Waals surface area contributed by atoms with E-state index in [1.54, 1.807) is 0 Å². The Labute approximate surface area is 211 Å². The SMILES string of the molecule is CCCCCCCCCCCCCCCCCCCCCCN1CCN(C)C1=NP(=O)([O-])OC. The van der Waals surface area contributed by atoms with Gasteiger partial charge in [-0.2, -0.15) is 4.76 Å². The van der Waals surface area contributed by atoms with Crippen molar-refractivity contribution < 1.29 is 14.0 Å². The molecular formula is C27H55N3O3P-. The molecule has 0 saturated carbocycles. The Morgan fingerprint density at radius 1 is 0.735 bits per heavy atom. The van der Waals surface area contributed by atoms with Crippen LogP contribution in [0.4, 0.5) is 0 Å². The van der Waals surface area contributed by atoms with E-state index in [1.807, 2.05) is 11.9 Å². The summed E-state index contributed by atoms with van der Waals surface area (Å²) >= 11 is 0. The monoisotopic (exact) mass is 500 g/mol. The van der Waals surface area contributed by atoms with Gasteiger partial charge in [-0.3, -0.25) is 4.57 Å². The van der Waals surface area contributed by atoms with E-state index >= 15 is 0 Å². The van der Waals surface area contributed by atoms with Gasteiger partial charge in [0.2, 0.25) is 5.96 Å². The van der Waals surface area contributed by atoms with Gasteiger partial charge in [0, 0.05) is 33.8 Å². The van der Waals surface area contributed by atoms with Gasteiger partial charge in [0.1, 0.15) is 0 Å². The third kappa shape index (κ3) is 16.2. The van der Waals surface area contributed by atoms with Crippen LogP contribution in [0.1, 0.15) is 135 Å². The molecule has 1 aliphatic heterocycles. The minimum Gasteiger partial charge on any atom is -0.760 e. The second-order valence-electron chi connectivity index (χ2n) is 10.2. The predicted octanol–water partition coefficient (Wildman–Crippen LogP) is 7.53. The molecule has 7 heteroatoms. The number of hydrogen-bond acceptors (Lipinski definition) is 3. The van der Waals surface area contributed by atoms with Crippen molar-refractivity contribution in [2.24, 2.45) is 4.76 Å². The molecule has 1 rings (SSSR count). The van der Waals surface area contributed by atoms with Crippen LogP contribution >= 0.6 is 7.75 Å². The lowest BCUT2D eigenvalue weighted by Gasteiger charge is -2.24. The van der Waals surface area contributed by atoms with Crippen LogP contribution in [-0.4, -0.2) is 49.6 Å². The maximum absolute atomic E-state index is 11.7. The first-order valence-electron chi connectivity index (χ1n) is 14.4. The molecule has 0 spiro atoms. The van der Waals surface area contributed by atoms with E-state index < -0.39 is 7.75 Å². The molecular weight excluding hydrogens is 445 g/mol. The van der Waals surface area contributed by atoms with Gasteiger partial charge in [0.25, 0.3) is 7.75 Å². The van der Waals surface area contributed by atoms with Crippen LogP contribution in [-0.2, 0) is 9.09 Å². The summed E-state index contributed by atoms with van der Waals surface area (Å²) in [6.45, 7) is 4.79. The molecule has 0 aromatic carbocycles. The average Bonchev–Trinajstić information content (AvgIpc) is 3.16. The molecule has 0 radical (unpaired) electrons. The minimum absolute atomic E-state index is 0.526. The molecule has 1 saturated heterocycles. The lowest BCUT2D eigenvalue weighted by atomic mass is 10.0. The molecule has 1 atom stereocenters. The van der Waals surface area contributed by atoms with Crippen molar-refractivity contribution in [1.29, 1.82) is 0 Å². The molecule has 0 aromatic heterocycles. The van der Waals surface area contributed by atoms with E-state index in [1.165, 1.54) is 122 Å². The third-order valence-corrected chi connectivity index (χ3v) is 7.94. The fourth-order valence-corrected chi connectivity index (χ4v) is 5.35. The van der Waals surface area contributed by atoms with Crippen LogP contribution in [0.3, 0.4) is 0 Å². The van der Waals surface area contributed by atoms with E-state index in [2.05, 4.69) is 21.1 Å². The van der Waals surface area contributed by atoms with Crippen molar-refractivity contribution in [1.82, 2.24) is 9.80 Å². The molecule has 1 aliphatic rings. The summed E-state index contributed by atoms with van der Waals surface area (Å²) in [4.78, 5) is 15.6. The Kier molecular flexibility index (Phi) is 19.1. The Balaban J connectivity index is 1.86. The number of guanidine groups is 1. The number of rotatable bonds is 23. The van der Waals surface area contributed by atoms with Crippen molar-refractivity contribution in [3.05, 3.63) is 0 Å². The van der Waals surface area contributed by atoms with Crippen LogP contribution in [0.25, 0.3) is 0 Å². The van der Waals surface area contributed by atoms with Crippen LogP contribution in [0.2, 0.25) is 0 Å². The van der Waals surface area contributed by atoms with Crippen molar-refractivity contribution in [2.75, 3.05) is 33.8 Å². The third-order valence-electron chi connectivity index (χ3n) is 7.05. The highest BCUT2D eigenvalue weighted by Gasteiger charge is 2.24. The Bertz CT molecular complexity index is 559. The summed E-state index contributed by atoms with van der Waals surface area (Å²) in [6, 6.07) is 0. The highest BCUT2D eigenvalue weighted by atomic mass is 31.2. The van der Waals surface area contributed by atoms with E-state index in [0.29, 0.717) is 5.96 Å². The molecule has 1 heterocycles. The number of hydrogen-bond donors (Lipinski definition) is 0. The zero-order valence-electron chi connectivity index (χ0n) is 22.8. The van der Waals surface area contributed by atoms with Gasteiger partial charge < -0.3 is 19.2 Å². The summed E-state index contributed by atoms with van der Waals surface area (Å²) in [6.07, 6.45) is 27.6. The molecule has 0 amide bonds. The Morgan fingerprint density at radius 3 is 1.50 bits per heavy atom. The van der Waals surface area contributed by atoms with Gasteiger partial charge >= 0.3 is 0 Å². The topological polar surface area (TPSA) is 68.2 Å². The zero-order valence-corrected chi connectivity index (χ0v) is 23.7. The van der Waals surface area contributed by atoms with Gasteiger partial charge in [-0.05, 0) is 6.42 Å². The van der Waals surface area contributed by atoms with Gasteiger partial charge in [-0.25, -0.2) is 0 Å². The molecule has 0 aromatic rings. The predicted molar refractivity (Wildman–Crippen MR) is 144 cm³/mol. The summed E-state index contributed by atoms with van der Waals surface area (Å²) in [7, 11) is -1.08. The maximum Gasteiger partial charge on any atom is 0.254 e. The Hall–Kier alpha value is -0.580. The Morgan fingerprint density at radius 2 is 1.12 bits per heavy atom. The molecule has 0 bridgehead atoms. The van der Waals surface area contributed by atoms with E-state index in [4.69, 9.17) is 0 Å². The summed E-state index contributed by atoms with van der Waals surface area (Å²) < 4.78 is 20.0. The number of unbranched alkanes of at least 4 members (excludes halogenated alkanes) is 19. The van der Waals surface area contributed by atoms with Crippen molar-refractivity contribution >= 4 is 13.7 Å². The molecule has 34 heavy (non-hydrogen) atoms. The highest BCUT2D eigenvalue weighted by molar-refractivity contribution is 7.50. The van der Waals surface area contributed by atoms with Crippen molar-refractivity contribution in [2.45, 2.75) is 135 Å². The summed E-state index contributed by atoms with van der Waals surface area (Å²) in [5, 5.41) is 0. The summed E-state index contributed by atoms with van der Waals surface area (Å²) in [5.41, 5.74) is 0. The van der Waals surface area contributed by atoms with Gasteiger partial charge in [-0.1, -0.05) is 129 Å². The lowest BCUT2D eigenvalue weighted by Crippen LogP contribution is -2.32.